The first-order valence-corrected chi connectivity index (χ1v) is 10.2. The second-order valence-electron chi connectivity index (χ2n) is 7.56. The molecule has 0 N–H and O–H groups in total. The fourth-order valence-corrected chi connectivity index (χ4v) is 3.64. The Labute approximate surface area is 181 Å². The molecular weight excluding hydrogens is 431 g/mol. The minimum Gasteiger partial charge on any atom is -0.378 e. The number of benzene rings is 1. The molecule has 0 aliphatic carbocycles. The SMILES string of the molecule is O=C(CN1CCN(C(=O)c2cccc(-c3noc(C(F)(F)F)n3)c2)CC1)N1CCOCC1. The number of amides is 2. The Morgan fingerprint density at radius 2 is 1.72 bits per heavy atom. The number of rotatable bonds is 4. The van der Waals surface area contributed by atoms with Gasteiger partial charge in [-0.1, -0.05) is 17.3 Å². The van der Waals surface area contributed by atoms with Crippen molar-refractivity contribution in [3.63, 3.8) is 0 Å². The molecule has 2 aliphatic heterocycles. The van der Waals surface area contributed by atoms with Gasteiger partial charge in [-0.05, 0) is 12.1 Å². The van der Waals surface area contributed by atoms with E-state index < -0.39 is 12.1 Å². The molecule has 4 rings (SSSR count). The molecular formula is C20H22F3N5O4. The van der Waals surface area contributed by atoms with Crippen molar-refractivity contribution in [2.75, 3.05) is 59.0 Å². The van der Waals surface area contributed by atoms with Crippen molar-refractivity contribution in [2.24, 2.45) is 0 Å². The van der Waals surface area contributed by atoms with Crippen LogP contribution in [0, 0.1) is 0 Å². The minimum absolute atomic E-state index is 0.0547. The molecule has 0 unspecified atom stereocenters. The summed E-state index contributed by atoms with van der Waals surface area (Å²) in [6.07, 6.45) is -4.73. The zero-order valence-electron chi connectivity index (χ0n) is 17.2. The van der Waals surface area contributed by atoms with Gasteiger partial charge in [0, 0.05) is 50.4 Å². The van der Waals surface area contributed by atoms with Crippen molar-refractivity contribution in [3.05, 3.63) is 35.7 Å². The van der Waals surface area contributed by atoms with Crippen LogP contribution in [0.3, 0.4) is 0 Å². The maximum Gasteiger partial charge on any atom is 0.471 e. The minimum atomic E-state index is -4.73. The molecule has 172 valence electrons. The summed E-state index contributed by atoms with van der Waals surface area (Å²) in [5.41, 5.74) is 0.573. The number of aromatic nitrogens is 2. The quantitative estimate of drug-likeness (QED) is 0.691. The van der Waals surface area contributed by atoms with Gasteiger partial charge in [-0.25, -0.2) is 0 Å². The highest BCUT2D eigenvalue weighted by Crippen LogP contribution is 2.29. The van der Waals surface area contributed by atoms with Crippen LogP contribution in [0.25, 0.3) is 11.4 Å². The van der Waals surface area contributed by atoms with E-state index in [4.69, 9.17) is 4.74 Å². The molecule has 0 saturated carbocycles. The third-order valence-electron chi connectivity index (χ3n) is 5.42. The lowest BCUT2D eigenvalue weighted by molar-refractivity contribution is -0.159. The van der Waals surface area contributed by atoms with Gasteiger partial charge < -0.3 is 19.1 Å². The van der Waals surface area contributed by atoms with Crippen molar-refractivity contribution >= 4 is 11.8 Å². The zero-order valence-corrected chi connectivity index (χ0v) is 17.2. The smallest absolute Gasteiger partial charge is 0.378 e. The number of carbonyl (C=O) groups is 2. The van der Waals surface area contributed by atoms with Gasteiger partial charge >= 0.3 is 12.1 Å². The number of carbonyl (C=O) groups excluding carboxylic acids is 2. The van der Waals surface area contributed by atoms with Gasteiger partial charge in [0.15, 0.2) is 0 Å². The van der Waals surface area contributed by atoms with Crippen LogP contribution in [0.4, 0.5) is 13.2 Å². The third-order valence-corrected chi connectivity index (χ3v) is 5.42. The lowest BCUT2D eigenvalue weighted by Gasteiger charge is -2.36. The third kappa shape index (κ3) is 5.07. The van der Waals surface area contributed by atoms with Gasteiger partial charge in [-0.3, -0.25) is 14.5 Å². The Bertz CT molecular complexity index is 966. The van der Waals surface area contributed by atoms with Crippen LogP contribution in [0.5, 0.6) is 0 Å². The molecule has 0 bridgehead atoms. The summed E-state index contributed by atoms with van der Waals surface area (Å²) in [4.78, 5) is 34.1. The maximum atomic E-state index is 12.9. The van der Waals surface area contributed by atoms with Crippen LogP contribution >= 0.6 is 0 Å². The molecule has 12 heteroatoms. The summed E-state index contributed by atoms with van der Waals surface area (Å²) in [5.74, 6) is -1.87. The Hall–Kier alpha value is -2.99. The lowest BCUT2D eigenvalue weighted by atomic mass is 10.1. The second-order valence-corrected chi connectivity index (χ2v) is 7.56. The Morgan fingerprint density at radius 1 is 1.00 bits per heavy atom. The van der Waals surface area contributed by atoms with Crippen LogP contribution in [0.1, 0.15) is 16.2 Å². The Morgan fingerprint density at radius 3 is 2.38 bits per heavy atom. The first kappa shape index (κ1) is 22.2. The first-order chi connectivity index (χ1) is 15.3. The summed E-state index contributed by atoms with van der Waals surface area (Å²) in [7, 11) is 0. The molecule has 2 fully saturated rings. The van der Waals surface area contributed by atoms with E-state index in [1.54, 1.807) is 21.9 Å². The molecule has 9 nitrogen and oxygen atoms in total. The average Bonchev–Trinajstić information content (AvgIpc) is 3.31. The fraction of sp³-hybridized carbons (Fsp3) is 0.500. The molecule has 0 atom stereocenters. The highest BCUT2D eigenvalue weighted by Gasteiger charge is 2.38. The van der Waals surface area contributed by atoms with Crippen molar-refractivity contribution in [1.82, 2.24) is 24.8 Å². The van der Waals surface area contributed by atoms with Crippen LogP contribution in [0.15, 0.2) is 28.8 Å². The van der Waals surface area contributed by atoms with E-state index in [9.17, 15) is 22.8 Å². The highest BCUT2D eigenvalue weighted by molar-refractivity contribution is 5.95. The van der Waals surface area contributed by atoms with Crippen LogP contribution in [0.2, 0.25) is 0 Å². The van der Waals surface area contributed by atoms with Gasteiger partial charge in [-0.15, -0.1) is 0 Å². The summed E-state index contributed by atoms with van der Waals surface area (Å²) < 4.78 is 47.6. The van der Waals surface area contributed by atoms with Gasteiger partial charge in [0.25, 0.3) is 5.91 Å². The molecule has 2 aliphatic rings. The number of piperazine rings is 1. The average molecular weight is 453 g/mol. The molecule has 1 aromatic carbocycles. The second kappa shape index (κ2) is 9.25. The van der Waals surface area contributed by atoms with E-state index in [1.165, 1.54) is 12.1 Å². The molecule has 3 heterocycles. The molecule has 32 heavy (non-hydrogen) atoms. The molecule has 2 saturated heterocycles. The number of ether oxygens (including phenoxy) is 1. The van der Waals surface area contributed by atoms with Crippen LogP contribution in [-0.2, 0) is 15.7 Å². The molecule has 2 amide bonds. The van der Waals surface area contributed by atoms with Crippen molar-refractivity contribution < 1.29 is 32.0 Å². The van der Waals surface area contributed by atoms with E-state index in [-0.39, 0.29) is 23.2 Å². The van der Waals surface area contributed by atoms with Gasteiger partial charge in [-0.2, -0.15) is 18.2 Å². The molecule has 2 aromatic rings. The first-order valence-electron chi connectivity index (χ1n) is 10.2. The fourth-order valence-electron chi connectivity index (χ4n) is 3.64. The van der Waals surface area contributed by atoms with Gasteiger partial charge in [0.05, 0.1) is 19.8 Å². The van der Waals surface area contributed by atoms with Crippen molar-refractivity contribution in [3.8, 4) is 11.4 Å². The van der Waals surface area contributed by atoms with E-state index >= 15 is 0 Å². The largest absolute Gasteiger partial charge is 0.471 e. The number of halogens is 3. The van der Waals surface area contributed by atoms with Crippen LogP contribution in [-0.4, -0.2) is 95.7 Å². The number of hydrogen-bond acceptors (Lipinski definition) is 7. The number of nitrogens with zero attached hydrogens (tertiary/aromatic N) is 5. The highest BCUT2D eigenvalue weighted by atomic mass is 19.4. The van der Waals surface area contributed by atoms with E-state index in [1.807, 2.05) is 4.90 Å². The summed E-state index contributed by atoms with van der Waals surface area (Å²) in [5, 5.41) is 3.36. The zero-order chi connectivity index (χ0) is 22.7. The topological polar surface area (TPSA) is 92.0 Å². The Balaban J connectivity index is 1.35. The number of alkyl halides is 3. The van der Waals surface area contributed by atoms with Gasteiger partial charge in [0.1, 0.15) is 0 Å². The van der Waals surface area contributed by atoms with E-state index in [0.29, 0.717) is 64.6 Å². The molecule has 0 spiro atoms. The van der Waals surface area contributed by atoms with Gasteiger partial charge in [0.2, 0.25) is 11.7 Å². The predicted molar refractivity (Wildman–Crippen MR) is 104 cm³/mol. The van der Waals surface area contributed by atoms with E-state index in [0.717, 1.165) is 0 Å². The standard InChI is InChI=1S/C20H22F3N5O4/c21-20(22,23)19-24-17(25-32-19)14-2-1-3-15(12-14)18(30)28-6-4-26(5-7-28)13-16(29)27-8-10-31-11-9-27/h1-3,12H,4-11,13H2. The maximum absolute atomic E-state index is 12.9. The summed E-state index contributed by atoms with van der Waals surface area (Å²) in [6, 6.07) is 6.10. The monoisotopic (exact) mass is 453 g/mol. The van der Waals surface area contributed by atoms with Crippen molar-refractivity contribution in [1.29, 1.82) is 0 Å². The van der Waals surface area contributed by atoms with Crippen molar-refractivity contribution in [2.45, 2.75) is 6.18 Å². The Kier molecular flexibility index (Phi) is 6.42. The lowest BCUT2D eigenvalue weighted by Crippen LogP contribution is -2.52. The summed E-state index contributed by atoms with van der Waals surface area (Å²) in [6.45, 7) is 4.60. The summed E-state index contributed by atoms with van der Waals surface area (Å²) >= 11 is 0. The number of morpholine rings is 1. The normalized spacial score (nSPS) is 18.1. The van der Waals surface area contributed by atoms with Crippen LogP contribution < -0.4 is 0 Å². The molecule has 0 radical (unpaired) electrons. The van der Waals surface area contributed by atoms with E-state index in [2.05, 4.69) is 14.7 Å². The molecule has 1 aromatic heterocycles. The predicted octanol–water partition coefficient (Wildman–Crippen LogP) is 1.37. The number of hydrogen-bond donors (Lipinski definition) is 0.